The Balaban J connectivity index is 1.52. The van der Waals surface area contributed by atoms with Crippen molar-refractivity contribution in [3.8, 4) is 11.4 Å². The van der Waals surface area contributed by atoms with E-state index >= 15 is 0 Å². The predicted octanol–water partition coefficient (Wildman–Crippen LogP) is 3.76. The third kappa shape index (κ3) is 5.53. The van der Waals surface area contributed by atoms with E-state index in [9.17, 15) is 13.2 Å². The number of aromatic nitrogens is 2. The number of hydrogen-bond donors (Lipinski definition) is 2. The van der Waals surface area contributed by atoms with E-state index in [1.165, 1.54) is 12.1 Å². The number of rotatable bonds is 6. The zero-order chi connectivity index (χ0) is 21.6. The van der Waals surface area contributed by atoms with Gasteiger partial charge in [0.2, 0.25) is 0 Å². The molecular weight excluding hydrogens is 395 g/mol. The molecule has 0 bridgehead atoms. The number of nitrogens with zero attached hydrogens (tertiary/aromatic N) is 3. The Morgan fingerprint density at radius 1 is 1.00 bits per heavy atom. The molecule has 1 aromatic heterocycles. The summed E-state index contributed by atoms with van der Waals surface area (Å²) >= 11 is 0. The molecule has 0 spiro atoms. The van der Waals surface area contributed by atoms with Crippen molar-refractivity contribution in [3.05, 3.63) is 77.6 Å². The van der Waals surface area contributed by atoms with Gasteiger partial charge in [0.05, 0.1) is 30.6 Å². The maximum atomic E-state index is 12.6. The van der Waals surface area contributed by atoms with Gasteiger partial charge in [-0.1, -0.05) is 12.1 Å². The Bertz CT molecular complexity index is 979. The van der Waals surface area contributed by atoms with Crippen molar-refractivity contribution in [1.82, 2.24) is 20.4 Å². The van der Waals surface area contributed by atoms with E-state index in [1.54, 1.807) is 18.8 Å². The van der Waals surface area contributed by atoms with Crippen LogP contribution < -0.4 is 15.4 Å². The number of benzene rings is 2. The summed E-state index contributed by atoms with van der Waals surface area (Å²) in [4.78, 5) is 4.13. The number of aliphatic imine (C=N–C) groups is 1. The highest BCUT2D eigenvalue weighted by molar-refractivity contribution is 5.79. The minimum atomic E-state index is -4.33. The summed E-state index contributed by atoms with van der Waals surface area (Å²) in [5, 5.41) is 10.7. The minimum absolute atomic E-state index is 0.345. The lowest BCUT2D eigenvalue weighted by atomic mass is 10.1. The van der Waals surface area contributed by atoms with E-state index in [0.29, 0.717) is 19.0 Å². The Labute approximate surface area is 172 Å². The van der Waals surface area contributed by atoms with Crippen molar-refractivity contribution < 1.29 is 17.9 Å². The number of methoxy groups -OCH3 is 1. The fourth-order valence-corrected chi connectivity index (χ4v) is 2.73. The first-order valence-corrected chi connectivity index (χ1v) is 9.18. The summed E-state index contributed by atoms with van der Waals surface area (Å²) in [6.07, 6.45) is -2.48. The molecule has 0 unspecified atom stereocenters. The smallest absolute Gasteiger partial charge is 0.416 e. The monoisotopic (exact) mass is 417 g/mol. The molecule has 2 aromatic carbocycles. The molecule has 0 fully saturated rings. The third-order valence-corrected chi connectivity index (χ3v) is 4.38. The molecule has 3 rings (SSSR count). The molecule has 0 aliphatic carbocycles. The molecule has 6 nitrogen and oxygen atoms in total. The van der Waals surface area contributed by atoms with E-state index in [0.717, 1.165) is 34.8 Å². The number of guanidine groups is 1. The second-order valence-electron chi connectivity index (χ2n) is 6.42. The topological polar surface area (TPSA) is 63.5 Å². The summed E-state index contributed by atoms with van der Waals surface area (Å²) in [6, 6.07) is 14.5. The molecule has 0 amide bonds. The molecule has 1 heterocycles. The molecule has 0 saturated carbocycles. The molecule has 0 aliphatic rings. The molecule has 0 atom stereocenters. The van der Waals surface area contributed by atoms with E-state index in [-0.39, 0.29) is 0 Å². The SMILES string of the molecule is CN=C(NCc1ccc(C(F)(F)F)cc1)NCc1ccn(-c2ccc(OC)cc2)n1. The van der Waals surface area contributed by atoms with Gasteiger partial charge in [-0.2, -0.15) is 18.3 Å². The van der Waals surface area contributed by atoms with E-state index in [4.69, 9.17) is 4.74 Å². The van der Waals surface area contributed by atoms with Crippen LogP contribution in [0.4, 0.5) is 13.2 Å². The van der Waals surface area contributed by atoms with Crippen LogP contribution in [-0.4, -0.2) is 29.9 Å². The first kappa shape index (κ1) is 21.2. The molecule has 2 N–H and O–H groups in total. The summed E-state index contributed by atoms with van der Waals surface area (Å²) < 4.78 is 44.8. The average Bonchev–Trinajstić information content (AvgIpc) is 3.22. The lowest BCUT2D eigenvalue weighted by Gasteiger charge is -2.12. The van der Waals surface area contributed by atoms with Gasteiger partial charge in [0, 0.05) is 19.8 Å². The van der Waals surface area contributed by atoms with Crippen LogP contribution in [0.15, 0.2) is 65.8 Å². The molecule has 0 aliphatic heterocycles. The molecule has 158 valence electrons. The van der Waals surface area contributed by atoms with Crippen molar-refractivity contribution in [1.29, 1.82) is 0 Å². The van der Waals surface area contributed by atoms with Crippen molar-refractivity contribution >= 4 is 5.96 Å². The van der Waals surface area contributed by atoms with Crippen LogP contribution in [0.25, 0.3) is 5.69 Å². The maximum Gasteiger partial charge on any atom is 0.416 e. The van der Waals surface area contributed by atoms with Gasteiger partial charge in [-0.05, 0) is 48.0 Å². The highest BCUT2D eigenvalue weighted by Gasteiger charge is 2.29. The van der Waals surface area contributed by atoms with Gasteiger partial charge in [0.15, 0.2) is 5.96 Å². The maximum absolute atomic E-state index is 12.6. The van der Waals surface area contributed by atoms with Gasteiger partial charge in [0.25, 0.3) is 0 Å². The second kappa shape index (κ2) is 9.34. The quantitative estimate of drug-likeness (QED) is 0.474. The van der Waals surface area contributed by atoms with Crippen LogP contribution >= 0.6 is 0 Å². The molecule has 0 saturated heterocycles. The predicted molar refractivity (Wildman–Crippen MR) is 109 cm³/mol. The number of hydrogen-bond acceptors (Lipinski definition) is 3. The van der Waals surface area contributed by atoms with Crippen molar-refractivity contribution in [2.75, 3.05) is 14.2 Å². The summed E-state index contributed by atoms with van der Waals surface area (Å²) in [5.74, 6) is 1.30. The van der Waals surface area contributed by atoms with E-state index in [2.05, 4.69) is 20.7 Å². The molecular formula is C21H22F3N5O. The lowest BCUT2D eigenvalue weighted by molar-refractivity contribution is -0.137. The van der Waals surface area contributed by atoms with Gasteiger partial charge in [-0.15, -0.1) is 0 Å². The van der Waals surface area contributed by atoms with E-state index in [1.807, 2.05) is 36.5 Å². The molecule has 0 radical (unpaired) electrons. The standard InChI is InChI=1S/C21H22F3N5O/c1-25-20(26-13-15-3-5-16(6-4-15)21(22,23)24)27-14-17-11-12-29(28-17)18-7-9-19(30-2)10-8-18/h3-12H,13-14H2,1-2H3,(H2,25,26,27). The van der Waals surface area contributed by atoms with Gasteiger partial charge in [-0.25, -0.2) is 4.68 Å². The van der Waals surface area contributed by atoms with Crippen LogP contribution in [0.3, 0.4) is 0 Å². The number of ether oxygens (including phenoxy) is 1. The normalized spacial score (nSPS) is 12.0. The van der Waals surface area contributed by atoms with Gasteiger partial charge in [-0.3, -0.25) is 4.99 Å². The van der Waals surface area contributed by atoms with Crippen LogP contribution in [-0.2, 0) is 19.3 Å². The lowest BCUT2D eigenvalue weighted by Crippen LogP contribution is -2.36. The fourth-order valence-electron chi connectivity index (χ4n) is 2.73. The van der Waals surface area contributed by atoms with Gasteiger partial charge < -0.3 is 15.4 Å². The second-order valence-corrected chi connectivity index (χ2v) is 6.42. The zero-order valence-corrected chi connectivity index (χ0v) is 16.6. The highest BCUT2D eigenvalue weighted by Crippen LogP contribution is 2.29. The largest absolute Gasteiger partial charge is 0.497 e. The minimum Gasteiger partial charge on any atom is -0.497 e. The number of alkyl halides is 3. The zero-order valence-electron chi connectivity index (χ0n) is 16.6. The molecule has 3 aromatic rings. The fraction of sp³-hybridized carbons (Fsp3) is 0.238. The van der Waals surface area contributed by atoms with Crippen molar-refractivity contribution in [2.45, 2.75) is 19.3 Å². The van der Waals surface area contributed by atoms with Crippen LogP contribution in [0.2, 0.25) is 0 Å². The first-order valence-electron chi connectivity index (χ1n) is 9.18. The third-order valence-electron chi connectivity index (χ3n) is 4.38. The Morgan fingerprint density at radius 3 is 2.27 bits per heavy atom. The van der Waals surface area contributed by atoms with Crippen molar-refractivity contribution in [3.63, 3.8) is 0 Å². The van der Waals surface area contributed by atoms with E-state index < -0.39 is 11.7 Å². The van der Waals surface area contributed by atoms with Gasteiger partial charge >= 0.3 is 6.18 Å². The molecule has 30 heavy (non-hydrogen) atoms. The highest BCUT2D eigenvalue weighted by atomic mass is 19.4. The van der Waals surface area contributed by atoms with Crippen LogP contribution in [0, 0.1) is 0 Å². The number of nitrogens with one attached hydrogen (secondary N) is 2. The summed E-state index contributed by atoms with van der Waals surface area (Å²) in [5.41, 5.74) is 1.77. The number of halogens is 3. The van der Waals surface area contributed by atoms with Gasteiger partial charge in [0.1, 0.15) is 5.75 Å². The first-order chi connectivity index (χ1) is 14.4. The Morgan fingerprint density at radius 2 is 1.67 bits per heavy atom. The molecule has 9 heteroatoms. The average molecular weight is 417 g/mol. The summed E-state index contributed by atoms with van der Waals surface area (Å²) in [6.45, 7) is 0.786. The van der Waals surface area contributed by atoms with Crippen LogP contribution in [0.5, 0.6) is 5.75 Å². The van der Waals surface area contributed by atoms with Crippen molar-refractivity contribution in [2.24, 2.45) is 4.99 Å². The van der Waals surface area contributed by atoms with Crippen LogP contribution in [0.1, 0.15) is 16.8 Å². The Kier molecular flexibility index (Phi) is 6.61. The Hall–Kier alpha value is -3.49. The summed E-state index contributed by atoms with van der Waals surface area (Å²) in [7, 11) is 3.24.